The van der Waals surface area contributed by atoms with Crippen molar-refractivity contribution < 1.29 is 24.2 Å². The van der Waals surface area contributed by atoms with Gasteiger partial charge in [-0.25, -0.2) is 0 Å². The lowest BCUT2D eigenvalue weighted by Crippen LogP contribution is -2.36. The van der Waals surface area contributed by atoms with Crippen molar-refractivity contribution in [1.82, 2.24) is 10.2 Å². The van der Waals surface area contributed by atoms with E-state index in [1.165, 1.54) is 0 Å². The van der Waals surface area contributed by atoms with E-state index in [9.17, 15) is 14.4 Å². The van der Waals surface area contributed by atoms with Crippen LogP contribution in [0.25, 0.3) is 0 Å². The summed E-state index contributed by atoms with van der Waals surface area (Å²) in [6.45, 7) is 2.98. The van der Waals surface area contributed by atoms with Crippen molar-refractivity contribution in [1.29, 1.82) is 0 Å². The van der Waals surface area contributed by atoms with Crippen LogP contribution in [0, 0.1) is 0 Å². The fraction of sp³-hybridized carbons (Fsp3) is 0.750. The molecule has 0 bridgehead atoms. The average Bonchev–Trinajstić information content (AvgIpc) is 2.32. The topological polar surface area (TPSA) is 95.9 Å². The molecule has 7 heteroatoms. The van der Waals surface area contributed by atoms with Crippen LogP contribution in [0.2, 0.25) is 0 Å². The molecular weight excluding hydrogens is 252 g/mol. The normalized spacial score (nSPS) is 10.3. The Kier molecular flexibility index (Phi) is 9.42. The molecular formula is C12H22N2O5. The van der Waals surface area contributed by atoms with Crippen LogP contribution >= 0.6 is 0 Å². The van der Waals surface area contributed by atoms with E-state index in [4.69, 9.17) is 9.84 Å². The summed E-state index contributed by atoms with van der Waals surface area (Å²) in [6.07, 6.45) is 0.818. The first kappa shape index (κ1) is 17.4. The van der Waals surface area contributed by atoms with E-state index in [2.05, 4.69) is 5.32 Å². The Morgan fingerprint density at radius 3 is 2.53 bits per heavy atom. The van der Waals surface area contributed by atoms with Crippen LogP contribution in [0.3, 0.4) is 0 Å². The molecule has 0 spiro atoms. The average molecular weight is 274 g/mol. The number of carboxylic acid groups (broad SMARTS) is 1. The molecule has 0 aliphatic rings. The second kappa shape index (κ2) is 10.3. The SMILES string of the molecule is CCOC(=O)CCCNC(=O)CN(C)CCC(=O)O. The molecule has 0 saturated heterocycles. The van der Waals surface area contributed by atoms with E-state index in [0.29, 0.717) is 26.1 Å². The Morgan fingerprint density at radius 2 is 1.95 bits per heavy atom. The Bertz CT molecular complexity index is 306. The molecule has 0 fully saturated rings. The van der Waals surface area contributed by atoms with Gasteiger partial charge < -0.3 is 15.2 Å². The van der Waals surface area contributed by atoms with Gasteiger partial charge in [-0.15, -0.1) is 0 Å². The first-order valence-corrected chi connectivity index (χ1v) is 6.28. The van der Waals surface area contributed by atoms with E-state index in [-0.39, 0.29) is 31.3 Å². The van der Waals surface area contributed by atoms with Gasteiger partial charge in [-0.3, -0.25) is 19.3 Å². The molecule has 0 radical (unpaired) electrons. The zero-order valence-corrected chi connectivity index (χ0v) is 11.5. The summed E-state index contributed by atoms with van der Waals surface area (Å²) in [6, 6.07) is 0. The maximum Gasteiger partial charge on any atom is 0.305 e. The number of carbonyl (C=O) groups excluding carboxylic acids is 2. The minimum Gasteiger partial charge on any atom is -0.481 e. The third-order valence-electron chi connectivity index (χ3n) is 2.31. The van der Waals surface area contributed by atoms with Crippen LogP contribution in [0.15, 0.2) is 0 Å². The Balaban J connectivity index is 3.58. The van der Waals surface area contributed by atoms with Crippen LogP contribution in [0.1, 0.15) is 26.2 Å². The minimum absolute atomic E-state index is 0.00659. The largest absolute Gasteiger partial charge is 0.481 e. The Hall–Kier alpha value is -1.63. The number of rotatable bonds is 10. The summed E-state index contributed by atoms with van der Waals surface area (Å²) in [4.78, 5) is 34.4. The third-order valence-corrected chi connectivity index (χ3v) is 2.31. The zero-order chi connectivity index (χ0) is 14.7. The van der Waals surface area contributed by atoms with Gasteiger partial charge in [0.05, 0.1) is 19.6 Å². The highest BCUT2D eigenvalue weighted by Gasteiger charge is 2.08. The molecule has 19 heavy (non-hydrogen) atoms. The number of hydrogen-bond acceptors (Lipinski definition) is 5. The second-order valence-electron chi connectivity index (χ2n) is 4.14. The molecule has 0 atom stereocenters. The number of amides is 1. The van der Waals surface area contributed by atoms with Gasteiger partial charge in [-0.05, 0) is 20.4 Å². The summed E-state index contributed by atoms with van der Waals surface area (Å²) in [5.41, 5.74) is 0. The summed E-state index contributed by atoms with van der Waals surface area (Å²) in [5.74, 6) is -1.34. The number of ether oxygens (including phenoxy) is 1. The van der Waals surface area contributed by atoms with Crippen molar-refractivity contribution in [3.05, 3.63) is 0 Å². The Labute approximate surface area is 112 Å². The van der Waals surface area contributed by atoms with Crippen molar-refractivity contribution in [2.75, 3.05) is 33.3 Å². The lowest BCUT2D eigenvalue weighted by atomic mass is 10.3. The first-order valence-electron chi connectivity index (χ1n) is 6.28. The summed E-state index contributed by atoms with van der Waals surface area (Å²) in [7, 11) is 1.68. The maximum absolute atomic E-state index is 11.5. The molecule has 2 N–H and O–H groups in total. The second-order valence-corrected chi connectivity index (χ2v) is 4.14. The van der Waals surface area contributed by atoms with Crippen LogP contribution in [0.5, 0.6) is 0 Å². The quantitative estimate of drug-likeness (QED) is 0.425. The third kappa shape index (κ3) is 11.2. The fourth-order valence-electron chi connectivity index (χ4n) is 1.36. The highest BCUT2D eigenvalue weighted by atomic mass is 16.5. The lowest BCUT2D eigenvalue weighted by molar-refractivity contribution is -0.143. The molecule has 0 heterocycles. The maximum atomic E-state index is 11.5. The van der Waals surface area contributed by atoms with Crippen LogP contribution in [-0.2, 0) is 19.1 Å². The predicted octanol–water partition coefficient (Wildman–Crippen LogP) is -0.148. The molecule has 0 saturated carbocycles. The minimum atomic E-state index is -0.887. The monoisotopic (exact) mass is 274 g/mol. The van der Waals surface area contributed by atoms with Crippen molar-refractivity contribution in [3.63, 3.8) is 0 Å². The number of esters is 1. The molecule has 0 aromatic carbocycles. The number of carbonyl (C=O) groups is 3. The molecule has 0 aliphatic carbocycles. The Morgan fingerprint density at radius 1 is 1.26 bits per heavy atom. The van der Waals surface area contributed by atoms with Gasteiger partial charge in [0, 0.05) is 19.5 Å². The van der Waals surface area contributed by atoms with E-state index in [0.717, 1.165) is 0 Å². The van der Waals surface area contributed by atoms with Gasteiger partial charge in [-0.1, -0.05) is 0 Å². The zero-order valence-electron chi connectivity index (χ0n) is 11.5. The van der Waals surface area contributed by atoms with Gasteiger partial charge in [0.2, 0.25) is 5.91 Å². The van der Waals surface area contributed by atoms with Gasteiger partial charge >= 0.3 is 11.9 Å². The molecule has 0 aromatic rings. The van der Waals surface area contributed by atoms with Crippen LogP contribution in [-0.4, -0.2) is 61.1 Å². The summed E-state index contributed by atoms with van der Waals surface area (Å²) >= 11 is 0. The predicted molar refractivity (Wildman–Crippen MR) is 68.6 cm³/mol. The van der Waals surface area contributed by atoms with Crippen molar-refractivity contribution in [3.8, 4) is 0 Å². The van der Waals surface area contributed by atoms with E-state index in [1.54, 1.807) is 18.9 Å². The van der Waals surface area contributed by atoms with Crippen molar-refractivity contribution >= 4 is 17.8 Å². The number of likely N-dealkylation sites (N-methyl/N-ethyl adjacent to an activating group) is 1. The van der Waals surface area contributed by atoms with E-state index in [1.807, 2.05) is 0 Å². The molecule has 0 aliphatic heterocycles. The highest BCUT2D eigenvalue weighted by molar-refractivity contribution is 5.78. The first-order chi connectivity index (χ1) is 8.95. The molecule has 0 aromatic heterocycles. The van der Waals surface area contributed by atoms with E-state index >= 15 is 0 Å². The number of hydrogen-bond donors (Lipinski definition) is 2. The summed E-state index contributed by atoms with van der Waals surface area (Å²) < 4.78 is 4.75. The van der Waals surface area contributed by atoms with E-state index < -0.39 is 5.97 Å². The van der Waals surface area contributed by atoms with Gasteiger partial charge in [0.1, 0.15) is 0 Å². The standard InChI is InChI=1S/C12H22N2O5/c1-3-19-12(18)5-4-7-13-10(15)9-14(2)8-6-11(16)17/h3-9H2,1-2H3,(H,13,15)(H,16,17). The van der Waals surface area contributed by atoms with Crippen LogP contribution < -0.4 is 5.32 Å². The van der Waals surface area contributed by atoms with Crippen LogP contribution in [0.4, 0.5) is 0 Å². The van der Waals surface area contributed by atoms with Crippen molar-refractivity contribution in [2.24, 2.45) is 0 Å². The molecule has 0 rings (SSSR count). The number of nitrogens with zero attached hydrogens (tertiary/aromatic N) is 1. The highest BCUT2D eigenvalue weighted by Crippen LogP contribution is 1.92. The van der Waals surface area contributed by atoms with Gasteiger partial charge in [-0.2, -0.15) is 0 Å². The number of nitrogens with one attached hydrogen (secondary N) is 1. The molecule has 7 nitrogen and oxygen atoms in total. The lowest BCUT2D eigenvalue weighted by Gasteiger charge is -2.14. The number of aliphatic carboxylic acids is 1. The summed E-state index contributed by atoms with van der Waals surface area (Å²) in [5, 5.41) is 11.2. The molecule has 0 unspecified atom stereocenters. The van der Waals surface area contributed by atoms with Crippen molar-refractivity contribution in [2.45, 2.75) is 26.2 Å². The fourth-order valence-corrected chi connectivity index (χ4v) is 1.36. The van der Waals surface area contributed by atoms with Gasteiger partial charge in [0.25, 0.3) is 0 Å². The number of carboxylic acids is 1. The van der Waals surface area contributed by atoms with Gasteiger partial charge in [0.15, 0.2) is 0 Å². The molecule has 110 valence electrons. The smallest absolute Gasteiger partial charge is 0.305 e. The molecule has 1 amide bonds.